The molecule has 1 unspecified atom stereocenters. The van der Waals surface area contributed by atoms with E-state index in [4.69, 9.17) is 18.9 Å². The van der Waals surface area contributed by atoms with Crippen molar-refractivity contribution >= 4 is 11.9 Å². The molecular weight excluding hydrogens is 456 g/mol. The molecule has 6 heteroatoms. The van der Waals surface area contributed by atoms with Gasteiger partial charge in [-0.2, -0.15) is 0 Å². The first-order valence-corrected chi connectivity index (χ1v) is 13.4. The number of carbonyl (C=O) groups excluding carboxylic acids is 2. The van der Waals surface area contributed by atoms with E-state index in [0.29, 0.717) is 29.4 Å². The summed E-state index contributed by atoms with van der Waals surface area (Å²) in [5, 5.41) is 0. The summed E-state index contributed by atoms with van der Waals surface area (Å²) in [6.45, 7) is 3.60. The van der Waals surface area contributed by atoms with Gasteiger partial charge in [0.2, 0.25) is 0 Å². The largest absolute Gasteiger partial charge is 0.496 e. The highest BCUT2D eigenvalue weighted by atomic mass is 16.5. The van der Waals surface area contributed by atoms with Crippen molar-refractivity contribution in [2.75, 3.05) is 7.11 Å². The molecule has 1 atom stereocenters. The van der Waals surface area contributed by atoms with E-state index in [-0.39, 0.29) is 18.0 Å². The Kier molecular flexibility index (Phi) is 11.1. The van der Waals surface area contributed by atoms with Crippen molar-refractivity contribution in [3.63, 3.8) is 0 Å². The van der Waals surface area contributed by atoms with Crippen LogP contribution in [-0.2, 0) is 16.0 Å². The van der Waals surface area contributed by atoms with Crippen molar-refractivity contribution in [3.8, 4) is 23.0 Å². The molecule has 0 N–H and O–H groups in total. The highest BCUT2D eigenvalue weighted by Crippen LogP contribution is 2.40. The smallest absolute Gasteiger partial charge is 0.311 e. The second-order valence-corrected chi connectivity index (χ2v) is 9.46. The maximum absolute atomic E-state index is 12.3. The van der Waals surface area contributed by atoms with E-state index in [0.717, 1.165) is 36.8 Å². The van der Waals surface area contributed by atoms with Gasteiger partial charge in [-0.05, 0) is 43.0 Å². The van der Waals surface area contributed by atoms with Crippen molar-refractivity contribution in [2.24, 2.45) is 0 Å². The minimum atomic E-state index is -0.382. The van der Waals surface area contributed by atoms with Crippen LogP contribution in [0.4, 0.5) is 0 Å². The Balaban J connectivity index is 1.49. The first kappa shape index (κ1) is 27.6. The van der Waals surface area contributed by atoms with E-state index in [1.54, 1.807) is 25.3 Å². The number of hydrogen-bond donors (Lipinski definition) is 0. The average molecular weight is 497 g/mol. The maximum atomic E-state index is 12.3. The lowest BCUT2D eigenvalue weighted by Crippen LogP contribution is -2.16. The Morgan fingerprint density at radius 1 is 0.889 bits per heavy atom. The van der Waals surface area contributed by atoms with Crippen LogP contribution in [0.15, 0.2) is 36.4 Å². The molecule has 0 aliphatic carbocycles. The fourth-order valence-corrected chi connectivity index (χ4v) is 4.58. The van der Waals surface area contributed by atoms with Gasteiger partial charge in [0.25, 0.3) is 0 Å². The van der Waals surface area contributed by atoms with E-state index in [1.165, 1.54) is 51.9 Å². The summed E-state index contributed by atoms with van der Waals surface area (Å²) in [4.78, 5) is 23.6. The van der Waals surface area contributed by atoms with Gasteiger partial charge in [-0.25, -0.2) is 0 Å². The number of unbranched alkanes of at least 4 members (excludes halogenated alkanes) is 8. The monoisotopic (exact) mass is 496 g/mol. The van der Waals surface area contributed by atoms with Crippen LogP contribution in [0.5, 0.6) is 23.0 Å². The van der Waals surface area contributed by atoms with Crippen LogP contribution in [0, 0.1) is 0 Å². The summed E-state index contributed by atoms with van der Waals surface area (Å²) in [6, 6.07) is 10.9. The molecule has 1 heterocycles. The van der Waals surface area contributed by atoms with Crippen molar-refractivity contribution in [1.29, 1.82) is 0 Å². The third-order valence-electron chi connectivity index (χ3n) is 6.51. The van der Waals surface area contributed by atoms with Gasteiger partial charge in [0.15, 0.2) is 0 Å². The van der Waals surface area contributed by atoms with Crippen LogP contribution in [0.1, 0.15) is 102 Å². The van der Waals surface area contributed by atoms with Gasteiger partial charge in [0.1, 0.15) is 29.1 Å². The lowest BCUT2D eigenvalue weighted by Gasteiger charge is -2.28. The van der Waals surface area contributed by atoms with E-state index in [1.807, 2.05) is 18.2 Å². The van der Waals surface area contributed by atoms with Gasteiger partial charge in [-0.1, -0.05) is 64.4 Å². The zero-order chi connectivity index (χ0) is 25.8. The molecule has 1 aliphatic rings. The Labute approximate surface area is 215 Å². The van der Waals surface area contributed by atoms with Crippen LogP contribution in [-0.4, -0.2) is 19.0 Å². The standard InChI is InChI=1S/C30H40O6/c1-4-5-6-7-8-9-10-11-12-13-30(32)35-25-16-14-23-15-19-27(36-28(23)20-25)26-18-17-24(34-22(2)31)21-29(26)33-3/h14,16-18,20-21,27H,4-13,15,19H2,1-3H3. The Morgan fingerprint density at radius 3 is 2.25 bits per heavy atom. The number of esters is 2. The van der Waals surface area contributed by atoms with Crippen molar-refractivity contribution in [1.82, 2.24) is 0 Å². The molecule has 0 amide bonds. The maximum Gasteiger partial charge on any atom is 0.311 e. The number of rotatable bonds is 14. The molecule has 0 spiro atoms. The third kappa shape index (κ3) is 8.58. The Morgan fingerprint density at radius 2 is 1.56 bits per heavy atom. The van der Waals surface area contributed by atoms with Gasteiger partial charge in [0.05, 0.1) is 7.11 Å². The zero-order valence-electron chi connectivity index (χ0n) is 22.0. The second-order valence-electron chi connectivity index (χ2n) is 9.46. The van der Waals surface area contributed by atoms with Crippen LogP contribution in [0.2, 0.25) is 0 Å². The van der Waals surface area contributed by atoms with Crippen LogP contribution in [0.25, 0.3) is 0 Å². The molecular formula is C30H40O6. The number of ether oxygens (including phenoxy) is 4. The highest BCUT2D eigenvalue weighted by Gasteiger charge is 2.25. The first-order chi connectivity index (χ1) is 17.5. The number of carbonyl (C=O) groups is 2. The topological polar surface area (TPSA) is 71.1 Å². The van der Waals surface area contributed by atoms with Gasteiger partial charge in [-0.3, -0.25) is 9.59 Å². The van der Waals surface area contributed by atoms with E-state index in [2.05, 4.69) is 6.92 Å². The lowest BCUT2D eigenvalue weighted by atomic mass is 9.96. The molecule has 0 saturated carbocycles. The van der Waals surface area contributed by atoms with Crippen molar-refractivity contribution in [3.05, 3.63) is 47.5 Å². The minimum absolute atomic E-state index is 0.201. The Hall–Kier alpha value is -3.02. The third-order valence-corrected chi connectivity index (χ3v) is 6.51. The summed E-state index contributed by atoms with van der Waals surface area (Å²) in [5.41, 5.74) is 1.97. The van der Waals surface area contributed by atoms with Crippen LogP contribution >= 0.6 is 0 Å². The highest BCUT2D eigenvalue weighted by molar-refractivity contribution is 5.72. The van der Waals surface area contributed by atoms with E-state index < -0.39 is 0 Å². The van der Waals surface area contributed by atoms with Crippen LogP contribution < -0.4 is 18.9 Å². The molecule has 3 rings (SSSR count). The zero-order valence-corrected chi connectivity index (χ0v) is 22.0. The molecule has 1 aliphatic heterocycles. The first-order valence-electron chi connectivity index (χ1n) is 13.4. The van der Waals surface area contributed by atoms with Gasteiger partial charge in [0, 0.05) is 31.0 Å². The SMILES string of the molecule is CCCCCCCCCCCC(=O)Oc1ccc2c(c1)OC(c1ccc(OC(C)=O)cc1OC)CC2. The molecule has 0 aromatic heterocycles. The molecule has 36 heavy (non-hydrogen) atoms. The van der Waals surface area contributed by atoms with Crippen molar-refractivity contribution < 1.29 is 28.5 Å². The average Bonchev–Trinajstić information content (AvgIpc) is 2.87. The fraction of sp³-hybridized carbons (Fsp3) is 0.533. The minimum Gasteiger partial charge on any atom is -0.496 e. The molecule has 2 aromatic rings. The van der Waals surface area contributed by atoms with E-state index >= 15 is 0 Å². The van der Waals surface area contributed by atoms with Gasteiger partial charge >= 0.3 is 11.9 Å². The summed E-state index contributed by atoms with van der Waals surface area (Å²) in [7, 11) is 1.58. The number of benzene rings is 2. The van der Waals surface area contributed by atoms with E-state index in [9.17, 15) is 9.59 Å². The number of hydrogen-bond acceptors (Lipinski definition) is 6. The number of fused-ring (bicyclic) bond motifs is 1. The second kappa shape index (κ2) is 14.5. The van der Waals surface area contributed by atoms with Gasteiger partial charge < -0.3 is 18.9 Å². The molecule has 0 bridgehead atoms. The summed E-state index contributed by atoms with van der Waals surface area (Å²) < 4.78 is 22.6. The number of methoxy groups -OCH3 is 1. The summed E-state index contributed by atoms with van der Waals surface area (Å²) >= 11 is 0. The molecule has 2 aromatic carbocycles. The Bertz CT molecular complexity index is 999. The van der Waals surface area contributed by atoms with Gasteiger partial charge in [-0.15, -0.1) is 0 Å². The molecule has 0 saturated heterocycles. The predicted octanol–water partition coefficient (Wildman–Crippen LogP) is 7.51. The number of aryl methyl sites for hydroxylation is 1. The molecule has 196 valence electrons. The quantitative estimate of drug-likeness (QED) is 0.153. The van der Waals surface area contributed by atoms with Crippen LogP contribution in [0.3, 0.4) is 0 Å². The normalized spacial score (nSPS) is 14.5. The summed E-state index contributed by atoms with van der Waals surface area (Å²) in [5.74, 6) is 1.67. The van der Waals surface area contributed by atoms with Crippen molar-refractivity contribution in [2.45, 2.75) is 97.0 Å². The summed E-state index contributed by atoms with van der Waals surface area (Å²) in [6.07, 6.45) is 12.8. The fourth-order valence-electron chi connectivity index (χ4n) is 4.58. The molecule has 0 fully saturated rings. The molecule has 6 nitrogen and oxygen atoms in total. The lowest BCUT2D eigenvalue weighted by molar-refractivity contribution is -0.134. The predicted molar refractivity (Wildman–Crippen MR) is 140 cm³/mol. The molecule has 0 radical (unpaired) electrons.